The minimum Gasteiger partial charge on any atom is -0.481 e. The van der Waals surface area contributed by atoms with Gasteiger partial charge in [0, 0.05) is 10.9 Å². The third-order valence-corrected chi connectivity index (χ3v) is 5.12. The number of rotatable bonds is 4. The number of hydrogen-bond acceptors (Lipinski definition) is 5. The maximum absolute atomic E-state index is 12.1. The van der Waals surface area contributed by atoms with Gasteiger partial charge in [0.15, 0.2) is 0 Å². The van der Waals surface area contributed by atoms with Crippen LogP contribution in [-0.2, 0) is 12.8 Å². The average molecular weight is 332 g/mol. The quantitative estimate of drug-likeness (QED) is 0.900. The fourth-order valence-electron chi connectivity index (χ4n) is 2.56. The number of anilines is 1. The molecular weight excluding hydrogens is 312 g/mol. The monoisotopic (exact) mass is 332 g/mol. The van der Waals surface area contributed by atoms with Crippen LogP contribution in [0.2, 0.25) is 0 Å². The Kier molecular flexibility index (Phi) is 4.76. The third-order valence-electron chi connectivity index (χ3n) is 3.78. The number of aromatic nitrogens is 2. The predicted molar refractivity (Wildman–Crippen MR) is 90.1 cm³/mol. The lowest BCUT2D eigenvalue weighted by Crippen LogP contribution is -2.31. The van der Waals surface area contributed by atoms with E-state index in [4.69, 9.17) is 4.74 Å². The predicted octanol–water partition coefficient (Wildman–Crippen LogP) is 3.31. The van der Waals surface area contributed by atoms with Crippen molar-refractivity contribution < 1.29 is 9.53 Å². The molecule has 3 rings (SSSR count). The minimum absolute atomic E-state index is 0.114. The number of nitrogens with zero attached hydrogens (tertiary/aromatic N) is 2. The summed E-state index contributed by atoms with van der Waals surface area (Å²) in [5, 5.41) is 6.66. The first-order valence-electron chi connectivity index (χ1n) is 7.71. The molecule has 2 aromatic rings. The van der Waals surface area contributed by atoms with E-state index in [0.29, 0.717) is 11.6 Å². The van der Waals surface area contributed by atoms with Crippen LogP contribution < -0.4 is 15.4 Å². The number of ether oxygens (including phenoxy) is 1. The second kappa shape index (κ2) is 6.95. The second-order valence-corrected chi connectivity index (χ2v) is 6.65. The number of thiazole rings is 1. The van der Waals surface area contributed by atoms with Gasteiger partial charge in [-0.1, -0.05) is 0 Å². The molecule has 23 heavy (non-hydrogen) atoms. The Balaban J connectivity index is 1.59. The molecule has 0 aliphatic heterocycles. The number of amides is 2. The van der Waals surface area contributed by atoms with Crippen LogP contribution in [0.1, 0.15) is 41.4 Å². The van der Waals surface area contributed by atoms with E-state index in [-0.39, 0.29) is 12.1 Å². The number of hydrogen-bond donors (Lipinski definition) is 2. The summed E-state index contributed by atoms with van der Waals surface area (Å²) in [7, 11) is 1.55. The van der Waals surface area contributed by atoms with Crippen molar-refractivity contribution in [3.8, 4) is 5.88 Å². The van der Waals surface area contributed by atoms with Gasteiger partial charge in [-0.2, -0.15) is 0 Å². The van der Waals surface area contributed by atoms with Gasteiger partial charge in [-0.15, -0.1) is 11.3 Å². The number of carbonyl (C=O) groups is 1. The Morgan fingerprint density at radius 3 is 2.87 bits per heavy atom. The van der Waals surface area contributed by atoms with Gasteiger partial charge in [-0.3, -0.25) is 0 Å². The lowest BCUT2D eigenvalue weighted by Gasteiger charge is -2.12. The number of pyridine rings is 1. The molecule has 2 amide bonds. The molecule has 0 saturated carbocycles. The van der Waals surface area contributed by atoms with Crippen molar-refractivity contribution >= 4 is 23.1 Å². The van der Waals surface area contributed by atoms with Crippen LogP contribution in [0.4, 0.5) is 10.5 Å². The van der Waals surface area contributed by atoms with Crippen molar-refractivity contribution in [3.63, 3.8) is 0 Å². The molecule has 2 N–H and O–H groups in total. The van der Waals surface area contributed by atoms with E-state index in [9.17, 15) is 4.79 Å². The van der Waals surface area contributed by atoms with Crippen LogP contribution in [0.5, 0.6) is 5.88 Å². The van der Waals surface area contributed by atoms with Crippen molar-refractivity contribution in [2.24, 2.45) is 0 Å². The van der Waals surface area contributed by atoms with E-state index in [2.05, 4.69) is 20.6 Å². The molecule has 1 atom stereocenters. The van der Waals surface area contributed by atoms with Crippen molar-refractivity contribution in [1.29, 1.82) is 0 Å². The maximum Gasteiger partial charge on any atom is 0.319 e. The highest BCUT2D eigenvalue weighted by molar-refractivity contribution is 7.11. The highest BCUT2D eigenvalue weighted by Crippen LogP contribution is 2.29. The van der Waals surface area contributed by atoms with Gasteiger partial charge in [0.1, 0.15) is 5.01 Å². The number of fused-ring (bicyclic) bond motifs is 1. The summed E-state index contributed by atoms with van der Waals surface area (Å²) in [4.78, 5) is 22.2. The largest absolute Gasteiger partial charge is 0.481 e. The molecule has 1 aliphatic rings. The van der Waals surface area contributed by atoms with Crippen molar-refractivity contribution in [2.75, 3.05) is 12.4 Å². The van der Waals surface area contributed by atoms with Crippen LogP contribution in [0.25, 0.3) is 0 Å². The van der Waals surface area contributed by atoms with E-state index < -0.39 is 0 Å². The summed E-state index contributed by atoms with van der Waals surface area (Å²) >= 11 is 1.71. The van der Waals surface area contributed by atoms with E-state index >= 15 is 0 Å². The number of carbonyl (C=O) groups excluding carboxylic acids is 1. The Labute approximate surface area is 139 Å². The lowest BCUT2D eigenvalue weighted by atomic mass is 10.0. The molecule has 2 heterocycles. The van der Waals surface area contributed by atoms with Gasteiger partial charge in [-0.25, -0.2) is 14.8 Å². The van der Waals surface area contributed by atoms with Gasteiger partial charge in [0.25, 0.3) is 0 Å². The number of aryl methyl sites for hydroxylation is 2. The molecule has 0 saturated heterocycles. The second-order valence-electron chi connectivity index (χ2n) is 5.54. The Morgan fingerprint density at radius 2 is 2.17 bits per heavy atom. The summed E-state index contributed by atoms with van der Waals surface area (Å²) in [5.41, 5.74) is 1.83. The van der Waals surface area contributed by atoms with E-state index in [0.717, 1.165) is 17.8 Å². The minimum atomic E-state index is -0.266. The highest BCUT2D eigenvalue weighted by atomic mass is 32.1. The Hall–Kier alpha value is -2.15. The first-order chi connectivity index (χ1) is 11.2. The summed E-state index contributed by atoms with van der Waals surface area (Å²) in [6.07, 6.45) is 6.18. The first kappa shape index (κ1) is 15.7. The molecule has 0 fully saturated rings. The summed E-state index contributed by atoms with van der Waals surface area (Å²) < 4.78 is 4.99. The van der Waals surface area contributed by atoms with Crippen molar-refractivity contribution in [3.05, 3.63) is 33.9 Å². The normalized spacial score (nSPS) is 14.7. The third kappa shape index (κ3) is 3.79. The van der Waals surface area contributed by atoms with Crippen LogP contribution in [0, 0.1) is 0 Å². The van der Waals surface area contributed by atoms with E-state index in [1.165, 1.54) is 23.4 Å². The molecule has 0 bridgehead atoms. The Bertz CT molecular complexity index is 660. The number of nitrogens with one attached hydrogen (secondary N) is 2. The van der Waals surface area contributed by atoms with Crippen molar-refractivity contribution in [2.45, 2.75) is 38.6 Å². The van der Waals surface area contributed by atoms with Gasteiger partial charge in [0.2, 0.25) is 5.88 Å². The van der Waals surface area contributed by atoms with Gasteiger partial charge >= 0.3 is 6.03 Å². The molecule has 0 radical (unpaired) electrons. The maximum atomic E-state index is 12.1. The molecule has 122 valence electrons. The van der Waals surface area contributed by atoms with E-state index in [1.54, 1.807) is 36.8 Å². The molecule has 0 spiro atoms. The van der Waals surface area contributed by atoms with Gasteiger partial charge in [0.05, 0.1) is 30.7 Å². The number of urea groups is 1. The standard InChI is InChI=1S/C16H20N4O2S/c1-10(15-20-12-5-3-4-6-13(12)23-15)18-16(21)19-11-7-8-14(22-2)17-9-11/h7-10H,3-6H2,1-2H3,(H2,18,19,21)/t10-/m1/s1. The summed E-state index contributed by atoms with van der Waals surface area (Å²) in [6, 6.07) is 3.07. The molecule has 0 aromatic carbocycles. The number of methoxy groups -OCH3 is 1. The van der Waals surface area contributed by atoms with Crippen LogP contribution >= 0.6 is 11.3 Å². The van der Waals surface area contributed by atoms with Gasteiger partial charge in [-0.05, 0) is 38.7 Å². The fraction of sp³-hybridized carbons (Fsp3) is 0.438. The average Bonchev–Trinajstić information content (AvgIpc) is 2.99. The van der Waals surface area contributed by atoms with Crippen LogP contribution in [0.15, 0.2) is 18.3 Å². The lowest BCUT2D eigenvalue weighted by molar-refractivity contribution is 0.249. The van der Waals surface area contributed by atoms with E-state index in [1.807, 2.05) is 6.92 Å². The molecule has 6 nitrogen and oxygen atoms in total. The topological polar surface area (TPSA) is 76.1 Å². The van der Waals surface area contributed by atoms with Crippen molar-refractivity contribution in [1.82, 2.24) is 15.3 Å². The Morgan fingerprint density at radius 1 is 1.35 bits per heavy atom. The zero-order valence-electron chi connectivity index (χ0n) is 13.3. The molecule has 0 unspecified atom stereocenters. The molecule has 7 heteroatoms. The fourth-order valence-corrected chi connectivity index (χ4v) is 3.71. The molecular formula is C16H20N4O2S. The summed E-state index contributed by atoms with van der Waals surface area (Å²) in [5.74, 6) is 0.512. The molecule has 2 aromatic heterocycles. The molecule has 1 aliphatic carbocycles. The van der Waals surface area contributed by atoms with Crippen LogP contribution in [-0.4, -0.2) is 23.1 Å². The first-order valence-corrected chi connectivity index (χ1v) is 8.53. The summed E-state index contributed by atoms with van der Waals surface area (Å²) in [6.45, 7) is 1.95. The zero-order valence-corrected chi connectivity index (χ0v) is 14.1. The smallest absolute Gasteiger partial charge is 0.319 e. The zero-order chi connectivity index (χ0) is 16.2. The SMILES string of the molecule is COc1ccc(NC(=O)N[C@H](C)c2nc3c(s2)CCCC3)cn1. The highest BCUT2D eigenvalue weighted by Gasteiger charge is 2.19. The van der Waals surface area contributed by atoms with Gasteiger partial charge < -0.3 is 15.4 Å². The van der Waals surface area contributed by atoms with Crippen LogP contribution in [0.3, 0.4) is 0 Å².